The van der Waals surface area contributed by atoms with E-state index in [9.17, 15) is 9.90 Å². The Bertz CT molecular complexity index is 634. The molecule has 0 atom stereocenters. The van der Waals surface area contributed by atoms with Crippen LogP contribution in [0.5, 0.6) is 5.75 Å². The molecule has 0 aliphatic carbocycles. The second-order valence-electron chi connectivity index (χ2n) is 6.16. The minimum atomic E-state index is -0.694. The van der Waals surface area contributed by atoms with Crippen LogP contribution in [0.2, 0.25) is 0 Å². The Balaban J connectivity index is 1.65. The predicted octanol–water partition coefficient (Wildman–Crippen LogP) is 5.29. The number of hydrogen-bond acceptors (Lipinski definition) is 2. The maximum absolute atomic E-state index is 10.4. The lowest BCUT2D eigenvalue weighted by molar-refractivity contribution is -0.137. The molecule has 2 aromatic rings. The number of hydrogen-bond donors (Lipinski definition) is 2. The number of carbonyl (C=O) groups is 1. The zero-order valence-corrected chi connectivity index (χ0v) is 13.6. The van der Waals surface area contributed by atoms with Crippen molar-refractivity contribution in [3.8, 4) is 5.75 Å². The van der Waals surface area contributed by atoms with Gasteiger partial charge in [0.2, 0.25) is 0 Å². The number of unbranched alkanes of at least 4 members (excludes halogenated alkanes) is 6. The van der Waals surface area contributed by atoms with Crippen LogP contribution in [0.15, 0.2) is 36.4 Å². The zero-order chi connectivity index (χ0) is 16.5. The molecule has 0 saturated heterocycles. The number of aryl methyl sites for hydroxylation is 1. The van der Waals surface area contributed by atoms with Gasteiger partial charge in [-0.2, -0.15) is 0 Å². The summed E-state index contributed by atoms with van der Waals surface area (Å²) >= 11 is 0. The normalized spacial score (nSPS) is 11.0. The third-order valence-corrected chi connectivity index (χ3v) is 4.32. The highest BCUT2D eigenvalue weighted by atomic mass is 16.4. The van der Waals surface area contributed by atoms with E-state index in [1.54, 1.807) is 0 Å². The number of aromatic hydroxyl groups is 1. The molecule has 0 unspecified atom stereocenters. The van der Waals surface area contributed by atoms with E-state index in [-0.39, 0.29) is 0 Å². The van der Waals surface area contributed by atoms with Crippen LogP contribution in [0.25, 0.3) is 10.8 Å². The van der Waals surface area contributed by atoms with Gasteiger partial charge in [0.05, 0.1) is 0 Å². The molecule has 0 aliphatic rings. The maximum atomic E-state index is 10.4. The molecule has 0 saturated carbocycles. The monoisotopic (exact) mass is 314 g/mol. The summed E-state index contributed by atoms with van der Waals surface area (Å²) < 4.78 is 0. The van der Waals surface area contributed by atoms with Crippen LogP contribution >= 0.6 is 0 Å². The first kappa shape index (κ1) is 17.3. The van der Waals surface area contributed by atoms with Crippen LogP contribution in [0, 0.1) is 0 Å². The van der Waals surface area contributed by atoms with Crippen LogP contribution in [0.3, 0.4) is 0 Å². The zero-order valence-electron chi connectivity index (χ0n) is 13.6. The molecule has 0 aromatic heterocycles. The van der Waals surface area contributed by atoms with Crippen molar-refractivity contribution in [2.75, 3.05) is 0 Å². The lowest BCUT2D eigenvalue weighted by atomic mass is 10.00. The van der Waals surface area contributed by atoms with Crippen molar-refractivity contribution >= 4 is 16.7 Å². The number of carboxylic acids is 1. The molecule has 0 heterocycles. The standard InChI is InChI=1S/C20H26O3/c21-19(22)13-7-5-3-1-2-4-6-11-17-15-14-16-10-8-9-12-18(16)20(17)23/h8-10,12,14-15,23H,1-7,11,13H2,(H,21,22). The Labute approximate surface area is 138 Å². The Morgan fingerprint density at radius 1 is 0.826 bits per heavy atom. The summed E-state index contributed by atoms with van der Waals surface area (Å²) in [5, 5.41) is 20.9. The van der Waals surface area contributed by atoms with Gasteiger partial charge in [0.25, 0.3) is 0 Å². The molecular weight excluding hydrogens is 288 g/mol. The Morgan fingerprint density at radius 3 is 2.22 bits per heavy atom. The van der Waals surface area contributed by atoms with Crippen LogP contribution < -0.4 is 0 Å². The lowest BCUT2D eigenvalue weighted by Crippen LogP contribution is -1.93. The molecular formula is C20H26O3. The summed E-state index contributed by atoms with van der Waals surface area (Å²) in [6.07, 6.45) is 8.72. The quantitative estimate of drug-likeness (QED) is 0.585. The average Bonchev–Trinajstić information content (AvgIpc) is 2.55. The van der Waals surface area contributed by atoms with Crippen molar-refractivity contribution in [2.45, 2.75) is 57.8 Å². The third-order valence-electron chi connectivity index (χ3n) is 4.32. The van der Waals surface area contributed by atoms with Gasteiger partial charge in [-0.15, -0.1) is 0 Å². The topological polar surface area (TPSA) is 57.5 Å². The van der Waals surface area contributed by atoms with Gasteiger partial charge in [-0.25, -0.2) is 0 Å². The number of phenolic OH excluding ortho intramolecular Hbond substituents is 1. The number of aliphatic carboxylic acids is 1. The molecule has 124 valence electrons. The van der Waals surface area contributed by atoms with Crippen LogP contribution in [0.1, 0.15) is 56.9 Å². The van der Waals surface area contributed by atoms with Crippen molar-refractivity contribution in [1.29, 1.82) is 0 Å². The SMILES string of the molecule is O=C(O)CCCCCCCCCc1ccc2ccccc2c1O. The van der Waals surface area contributed by atoms with Crippen LogP contribution in [-0.2, 0) is 11.2 Å². The van der Waals surface area contributed by atoms with E-state index >= 15 is 0 Å². The number of phenols is 1. The van der Waals surface area contributed by atoms with E-state index in [4.69, 9.17) is 5.11 Å². The molecule has 0 radical (unpaired) electrons. The molecule has 2 N–H and O–H groups in total. The number of carboxylic acid groups (broad SMARTS) is 1. The van der Waals surface area contributed by atoms with Gasteiger partial charge in [-0.1, -0.05) is 68.5 Å². The van der Waals surface area contributed by atoms with E-state index in [0.717, 1.165) is 54.9 Å². The molecule has 0 amide bonds. The van der Waals surface area contributed by atoms with Crippen molar-refractivity contribution in [3.63, 3.8) is 0 Å². The number of fused-ring (bicyclic) bond motifs is 1. The smallest absolute Gasteiger partial charge is 0.303 e. The molecule has 0 spiro atoms. The summed E-state index contributed by atoms with van der Waals surface area (Å²) in [5.41, 5.74) is 1.03. The molecule has 0 aliphatic heterocycles. The fourth-order valence-electron chi connectivity index (χ4n) is 2.98. The summed E-state index contributed by atoms with van der Waals surface area (Å²) in [6, 6.07) is 12.0. The molecule has 2 aromatic carbocycles. The highest BCUT2D eigenvalue weighted by Gasteiger charge is 2.05. The molecule has 23 heavy (non-hydrogen) atoms. The van der Waals surface area contributed by atoms with E-state index in [1.807, 2.05) is 30.3 Å². The van der Waals surface area contributed by atoms with Crippen LogP contribution in [-0.4, -0.2) is 16.2 Å². The van der Waals surface area contributed by atoms with Crippen molar-refractivity contribution in [1.82, 2.24) is 0 Å². The van der Waals surface area contributed by atoms with Gasteiger partial charge < -0.3 is 10.2 Å². The van der Waals surface area contributed by atoms with Gasteiger partial charge in [-0.3, -0.25) is 4.79 Å². The van der Waals surface area contributed by atoms with Gasteiger partial charge in [-0.05, 0) is 30.2 Å². The molecule has 2 rings (SSSR count). The summed E-state index contributed by atoms with van der Waals surface area (Å²) in [4.78, 5) is 10.4. The predicted molar refractivity (Wildman–Crippen MR) is 93.9 cm³/mol. The van der Waals surface area contributed by atoms with Crippen molar-refractivity contribution < 1.29 is 15.0 Å². The van der Waals surface area contributed by atoms with E-state index in [0.29, 0.717) is 12.2 Å². The summed E-state index contributed by atoms with van der Waals surface area (Å²) in [5.74, 6) is -0.267. The van der Waals surface area contributed by atoms with Crippen molar-refractivity contribution in [3.05, 3.63) is 42.0 Å². The highest BCUT2D eigenvalue weighted by molar-refractivity contribution is 5.89. The summed E-state index contributed by atoms with van der Waals surface area (Å²) in [6.45, 7) is 0. The molecule has 3 nitrogen and oxygen atoms in total. The van der Waals surface area contributed by atoms with Gasteiger partial charge in [0.15, 0.2) is 0 Å². The highest BCUT2D eigenvalue weighted by Crippen LogP contribution is 2.29. The minimum absolute atomic E-state index is 0.293. The first-order valence-corrected chi connectivity index (χ1v) is 8.60. The Kier molecular flexibility index (Phi) is 6.92. The Hall–Kier alpha value is -2.03. The first-order valence-electron chi connectivity index (χ1n) is 8.60. The second kappa shape index (κ2) is 9.19. The Morgan fingerprint density at radius 2 is 1.48 bits per heavy atom. The minimum Gasteiger partial charge on any atom is -0.507 e. The molecule has 0 bridgehead atoms. The maximum Gasteiger partial charge on any atom is 0.303 e. The van der Waals surface area contributed by atoms with E-state index < -0.39 is 5.97 Å². The van der Waals surface area contributed by atoms with E-state index in [2.05, 4.69) is 6.07 Å². The van der Waals surface area contributed by atoms with Crippen molar-refractivity contribution in [2.24, 2.45) is 0 Å². The van der Waals surface area contributed by atoms with E-state index in [1.165, 1.54) is 12.8 Å². The number of rotatable bonds is 10. The van der Waals surface area contributed by atoms with Crippen LogP contribution in [0.4, 0.5) is 0 Å². The summed E-state index contributed by atoms with van der Waals surface area (Å²) in [7, 11) is 0. The van der Waals surface area contributed by atoms with Gasteiger partial charge in [0.1, 0.15) is 5.75 Å². The fourth-order valence-corrected chi connectivity index (χ4v) is 2.98. The average molecular weight is 314 g/mol. The molecule has 3 heteroatoms. The third kappa shape index (κ3) is 5.59. The van der Waals surface area contributed by atoms with Gasteiger partial charge >= 0.3 is 5.97 Å². The number of benzene rings is 2. The second-order valence-corrected chi connectivity index (χ2v) is 6.16. The fraction of sp³-hybridized carbons (Fsp3) is 0.450. The molecule has 0 fully saturated rings. The first-order chi connectivity index (χ1) is 11.2. The lowest BCUT2D eigenvalue weighted by Gasteiger charge is -2.08. The largest absolute Gasteiger partial charge is 0.507 e. The van der Waals surface area contributed by atoms with Gasteiger partial charge in [0, 0.05) is 11.8 Å².